The molecule has 2 aromatic carbocycles. The minimum absolute atomic E-state index is 0.0624. The molecule has 0 radical (unpaired) electrons. The van der Waals surface area contributed by atoms with Gasteiger partial charge in [-0.1, -0.05) is 137 Å². The molecule has 8 rings (SSSR count). The largest absolute Gasteiger partial charge is 0.480 e. The Balaban J connectivity index is 0.906. The van der Waals surface area contributed by atoms with Crippen LogP contribution in [0, 0.1) is 59.2 Å². The van der Waals surface area contributed by atoms with Crippen LogP contribution in [0.15, 0.2) is 48.5 Å². The zero-order valence-electron chi connectivity index (χ0n) is 61.8. The summed E-state index contributed by atoms with van der Waals surface area (Å²) in [6.07, 6.45) is -10.8. The van der Waals surface area contributed by atoms with Crippen molar-refractivity contribution in [1.29, 1.82) is 0 Å². The molecule has 27 heteroatoms. The van der Waals surface area contributed by atoms with E-state index in [0.717, 1.165) is 22.3 Å². The third kappa shape index (κ3) is 21.0. The number of carboxylic acid groups (broad SMARTS) is 1. The summed E-state index contributed by atoms with van der Waals surface area (Å²) in [5.74, 6) is -8.47. The normalized spacial score (nSPS) is 34.7. The first-order chi connectivity index (χ1) is 48.4. The molecular weight excluding hydrogens is 1330 g/mol. The number of carbonyl (C=O) groups is 8. The lowest BCUT2D eigenvalue weighted by molar-refractivity contribution is -0.369. The van der Waals surface area contributed by atoms with Gasteiger partial charge in [-0.25, -0.2) is 9.59 Å². The van der Waals surface area contributed by atoms with Crippen molar-refractivity contribution in [3.63, 3.8) is 0 Å². The van der Waals surface area contributed by atoms with Crippen LogP contribution in [0.4, 0.5) is 4.79 Å². The molecule has 5 aliphatic heterocycles. The van der Waals surface area contributed by atoms with Crippen LogP contribution in [0.2, 0.25) is 0 Å². The van der Waals surface area contributed by atoms with Crippen LogP contribution in [-0.4, -0.2) is 198 Å². The zero-order valence-corrected chi connectivity index (χ0v) is 61.8. The maximum absolute atomic E-state index is 13.0. The molecule has 5 heterocycles. The Kier molecular flexibility index (Phi) is 29.9. The molecule has 570 valence electrons. The summed E-state index contributed by atoms with van der Waals surface area (Å²) in [6.45, 7) is 26.7. The number of aliphatic carboxylic acids is 1. The van der Waals surface area contributed by atoms with Crippen LogP contribution in [0.5, 0.6) is 0 Å². The smallest absolute Gasteiger partial charge is 0.407 e. The van der Waals surface area contributed by atoms with E-state index in [0.29, 0.717) is 32.3 Å². The highest BCUT2D eigenvalue weighted by atomic mass is 16.8. The van der Waals surface area contributed by atoms with Gasteiger partial charge in [0.15, 0.2) is 37.6 Å². The highest BCUT2D eigenvalue weighted by molar-refractivity contribution is 5.81. The number of unbranched alkanes of at least 4 members (excludes halogenated alkanes) is 3. The second kappa shape index (κ2) is 37.5. The Morgan fingerprint density at radius 1 is 0.382 bits per heavy atom. The van der Waals surface area contributed by atoms with Crippen molar-refractivity contribution < 1.29 is 124 Å². The summed E-state index contributed by atoms with van der Waals surface area (Å²) in [5.41, 5.74) is 4.27. The molecule has 25 unspecified atom stereocenters. The van der Waals surface area contributed by atoms with Crippen LogP contribution in [-0.2, 0) is 114 Å². The molecular formula is C75H109NO26. The fourth-order valence-corrected chi connectivity index (χ4v) is 14.9. The molecule has 2 aromatic rings. The Bertz CT molecular complexity index is 3080. The van der Waals surface area contributed by atoms with Crippen molar-refractivity contribution in [2.45, 2.75) is 247 Å². The Morgan fingerprint density at radius 2 is 0.755 bits per heavy atom. The molecule has 0 spiro atoms. The molecule has 6 aliphatic rings. The summed E-state index contributed by atoms with van der Waals surface area (Å²) in [6, 6.07) is 14.8. The molecule has 0 bridgehead atoms. The number of ether oxygens (including phenoxy) is 17. The lowest BCUT2D eigenvalue weighted by Gasteiger charge is -2.52. The van der Waals surface area contributed by atoms with E-state index in [9.17, 15) is 43.5 Å². The predicted octanol–water partition coefficient (Wildman–Crippen LogP) is 9.22. The fourth-order valence-electron chi connectivity index (χ4n) is 14.9. The second-order valence-electron chi connectivity index (χ2n) is 28.7. The van der Waals surface area contributed by atoms with Crippen molar-refractivity contribution >= 4 is 47.9 Å². The van der Waals surface area contributed by atoms with Gasteiger partial charge in [-0.15, -0.1) is 0 Å². The summed E-state index contributed by atoms with van der Waals surface area (Å²) < 4.78 is 107. The van der Waals surface area contributed by atoms with E-state index < -0.39 is 176 Å². The molecule has 5 fully saturated rings. The summed E-state index contributed by atoms with van der Waals surface area (Å²) in [5, 5.41) is 12.6. The van der Waals surface area contributed by atoms with Crippen molar-refractivity contribution in [1.82, 2.24) is 5.32 Å². The van der Waals surface area contributed by atoms with Crippen LogP contribution >= 0.6 is 0 Å². The number of fused-ring (bicyclic) bond motifs is 3. The third-order valence-corrected chi connectivity index (χ3v) is 21.5. The molecule has 0 saturated carbocycles. The van der Waals surface area contributed by atoms with Gasteiger partial charge in [-0.2, -0.15) is 0 Å². The number of amides is 1. The van der Waals surface area contributed by atoms with Crippen molar-refractivity contribution in [2.75, 3.05) is 46.2 Å². The van der Waals surface area contributed by atoms with E-state index >= 15 is 0 Å². The molecule has 1 amide bonds. The monoisotopic (exact) mass is 1440 g/mol. The Hall–Kier alpha value is -6.40. The number of carboxylic acids is 1. The van der Waals surface area contributed by atoms with Gasteiger partial charge in [-0.05, 0) is 52.8 Å². The molecule has 2 N–H and O–H groups in total. The van der Waals surface area contributed by atoms with Gasteiger partial charge in [0.05, 0.1) is 42.7 Å². The summed E-state index contributed by atoms with van der Waals surface area (Å²) in [4.78, 5) is 99.7. The fraction of sp³-hybridized carbons (Fsp3) is 0.733. The molecule has 102 heavy (non-hydrogen) atoms. The first-order valence-corrected chi connectivity index (χ1v) is 36.1. The number of esters is 6. The highest BCUT2D eigenvalue weighted by Crippen LogP contribution is 2.47. The van der Waals surface area contributed by atoms with E-state index in [4.69, 9.17) is 80.5 Å². The molecule has 5 saturated heterocycles. The molecule has 0 aromatic heterocycles. The van der Waals surface area contributed by atoms with Gasteiger partial charge >= 0.3 is 47.9 Å². The predicted molar refractivity (Wildman–Crippen MR) is 362 cm³/mol. The number of hydrogen-bond donors (Lipinski definition) is 2. The van der Waals surface area contributed by atoms with Crippen molar-refractivity contribution in [3.8, 4) is 11.1 Å². The van der Waals surface area contributed by atoms with Gasteiger partial charge in [0.1, 0.15) is 57.9 Å². The average molecular weight is 1440 g/mol. The van der Waals surface area contributed by atoms with E-state index in [1.54, 1.807) is 0 Å². The van der Waals surface area contributed by atoms with Gasteiger partial charge in [0, 0.05) is 95.5 Å². The lowest BCUT2D eigenvalue weighted by atomic mass is 9.82. The van der Waals surface area contributed by atoms with Crippen molar-refractivity contribution in [2.24, 2.45) is 59.2 Å². The van der Waals surface area contributed by atoms with E-state index in [2.05, 4.69) is 5.32 Å². The second-order valence-corrected chi connectivity index (χ2v) is 28.7. The number of hydrogen-bond acceptors (Lipinski definition) is 25. The minimum Gasteiger partial charge on any atom is -0.480 e. The van der Waals surface area contributed by atoms with Crippen LogP contribution < -0.4 is 5.32 Å². The van der Waals surface area contributed by atoms with Gasteiger partial charge in [-0.3, -0.25) is 28.8 Å². The van der Waals surface area contributed by atoms with E-state index in [1.165, 1.54) is 41.5 Å². The van der Waals surface area contributed by atoms with Crippen molar-refractivity contribution in [3.05, 3.63) is 59.7 Å². The Labute approximate surface area is 598 Å². The topological polar surface area (TPSA) is 326 Å². The summed E-state index contributed by atoms with van der Waals surface area (Å²) in [7, 11) is 0. The SMILES string of the molecule is CC(=O)OCC1OC(OC2C(C)C(COC(C)=O)OC(OC3C(C)C(COC(C)=O)OC(OC4C(COC(C)=O)OC(OC5C(COC(C)=O)OC(OCCCCCC[C@H](NC(=O)OCC6c7ccccc7-c7ccccc76)C(=O)O)C(C)C5C)C(C)C4C)C3C)C2C)C(OC(C)=O)C(C)C1C. The maximum atomic E-state index is 13.0. The average Bonchev–Trinajstić information content (AvgIpc) is 1.29. The van der Waals surface area contributed by atoms with E-state index in [1.807, 2.05) is 118 Å². The maximum Gasteiger partial charge on any atom is 0.407 e. The van der Waals surface area contributed by atoms with Crippen LogP contribution in [0.25, 0.3) is 11.1 Å². The third-order valence-electron chi connectivity index (χ3n) is 21.5. The number of carbonyl (C=O) groups excluding carboxylic acids is 7. The Morgan fingerprint density at radius 3 is 1.22 bits per heavy atom. The molecule has 1 aliphatic carbocycles. The minimum atomic E-state index is -1.15. The standard InChI is InChI=1S/C75H109NO26/c1-37-38(2)68(93-52(16)82)74(96-59(37)32-87-47(11)77)100-65-44(8)61(34-89-49(13)79)94-72(46(65)10)99-64-43(7)60(33-88-48(12)78)95-73(45(64)9)102-67-40(4)42(6)71(98-63(67)36-91-51(15)81)101-66-39(3)41(5)70(97-62(66)35-90-50(14)80)86-30-24-18-17-19-29-58(69(83)84)76-75(85)92-31-57-55-27-22-20-25-53(55)54-26-21-23-28-56(54)57/h20-23,25-28,37-46,57-68,70-74H,17-19,24,29-36H2,1-16H3,(H,76,85)(H,83,84)/t37?,38?,39?,40?,41?,42?,43?,44?,45?,46?,58-,59?,60?,61?,62?,63?,64?,65?,66?,67?,68?,70?,71?,72?,73?,74?/m0/s1. The van der Waals surface area contributed by atoms with Gasteiger partial charge < -0.3 is 90.9 Å². The zero-order chi connectivity index (χ0) is 74.4. The van der Waals surface area contributed by atoms with Gasteiger partial charge in [0.25, 0.3) is 0 Å². The number of benzene rings is 2. The first kappa shape index (κ1) is 81.3. The van der Waals surface area contributed by atoms with Crippen LogP contribution in [0.3, 0.4) is 0 Å². The molecule has 27 nitrogen and oxygen atoms in total. The van der Waals surface area contributed by atoms with Crippen LogP contribution in [0.1, 0.15) is 160 Å². The quantitative estimate of drug-likeness (QED) is 0.0403. The summed E-state index contributed by atoms with van der Waals surface area (Å²) >= 11 is 0. The van der Waals surface area contributed by atoms with Gasteiger partial charge in [0.2, 0.25) is 0 Å². The van der Waals surface area contributed by atoms with E-state index in [-0.39, 0.29) is 81.6 Å². The highest BCUT2D eigenvalue weighted by Gasteiger charge is 2.55. The number of rotatable bonds is 31. The number of alkyl carbamates (subject to hydrolysis) is 1. The molecule has 26 atom stereocenters. The lowest BCUT2D eigenvalue weighted by Crippen LogP contribution is -2.61. The first-order valence-electron chi connectivity index (χ1n) is 36.1. The number of nitrogens with one attached hydrogen (secondary N) is 1.